The van der Waals surface area contributed by atoms with E-state index in [1.165, 1.54) is 0 Å². The molecule has 6 nitrogen and oxygen atoms in total. The largest absolute Gasteiger partial charge is 0.345 e. The van der Waals surface area contributed by atoms with E-state index in [1.54, 1.807) is 6.33 Å². The Labute approximate surface area is 133 Å². The summed E-state index contributed by atoms with van der Waals surface area (Å²) in [6, 6.07) is 7.76. The number of carbonyl (C=O) groups is 1. The number of hydrogen-bond acceptors (Lipinski definition) is 3. The number of fused-ring (bicyclic) bond motifs is 1. The summed E-state index contributed by atoms with van der Waals surface area (Å²) in [4.78, 5) is 22.2. The molecule has 1 aliphatic rings. The van der Waals surface area contributed by atoms with Crippen LogP contribution in [0.4, 0.5) is 0 Å². The van der Waals surface area contributed by atoms with Crippen molar-refractivity contribution in [2.75, 3.05) is 13.1 Å². The van der Waals surface area contributed by atoms with Gasteiger partial charge in [-0.2, -0.15) is 5.10 Å². The molecule has 118 valence electrons. The van der Waals surface area contributed by atoms with Gasteiger partial charge in [0.25, 0.3) is 5.91 Å². The molecule has 1 aromatic carbocycles. The first-order valence-corrected chi connectivity index (χ1v) is 7.95. The minimum Gasteiger partial charge on any atom is -0.345 e. The average Bonchev–Trinajstić information content (AvgIpc) is 3.22. The number of nitrogens with zero attached hydrogens (tertiary/aromatic N) is 3. The molecule has 0 spiro atoms. The van der Waals surface area contributed by atoms with E-state index in [4.69, 9.17) is 0 Å². The number of aromatic amines is 2. The zero-order chi connectivity index (χ0) is 15.8. The van der Waals surface area contributed by atoms with Gasteiger partial charge >= 0.3 is 0 Å². The molecule has 0 bridgehead atoms. The Bertz CT molecular complexity index is 849. The van der Waals surface area contributed by atoms with Crippen molar-refractivity contribution in [2.45, 2.75) is 25.7 Å². The van der Waals surface area contributed by atoms with Crippen LogP contribution >= 0.6 is 0 Å². The third-order valence-corrected chi connectivity index (χ3v) is 4.53. The van der Waals surface area contributed by atoms with Crippen molar-refractivity contribution in [2.24, 2.45) is 0 Å². The monoisotopic (exact) mass is 309 g/mol. The summed E-state index contributed by atoms with van der Waals surface area (Å²) in [5.74, 6) is 0.357. The number of benzene rings is 1. The molecule has 4 rings (SSSR count). The molecule has 23 heavy (non-hydrogen) atoms. The number of rotatable bonds is 2. The molecular weight excluding hydrogens is 290 g/mol. The van der Waals surface area contributed by atoms with E-state index in [1.807, 2.05) is 30.0 Å². The molecule has 0 unspecified atom stereocenters. The number of carbonyl (C=O) groups excluding carboxylic acids is 1. The summed E-state index contributed by atoms with van der Waals surface area (Å²) in [5, 5.41) is 7.36. The maximum atomic E-state index is 12.9. The number of aryl methyl sites for hydroxylation is 1. The zero-order valence-corrected chi connectivity index (χ0v) is 13.0. The predicted octanol–water partition coefficient (Wildman–Crippen LogP) is 2.61. The van der Waals surface area contributed by atoms with Gasteiger partial charge in [0.2, 0.25) is 0 Å². The van der Waals surface area contributed by atoms with E-state index >= 15 is 0 Å². The maximum Gasteiger partial charge on any atom is 0.256 e. The highest BCUT2D eigenvalue weighted by atomic mass is 16.2. The number of nitrogens with one attached hydrogen (secondary N) is 2. The molecule has 2 N–H and O–H groups in total. The molecule has 0 radical (unpaired) electrons. The van der Waals surface area contributed by atoms with Crippen molar-refractivity contribution in [1.29, 1.82) is 0 Å². The molecule has 0 saturated carbocycles. The maximum absolute atomic E-state index is 12.9. The van der Waals surface area contributed by atoms with Crippen LogP contribution in [0.25, 0.3) is 11.0 Å². The highest BCUT2D eigenvalue weighted by molar-refractivity contribution is 6.04. The number of aromatic nitrogens is 4. The Kier molecular flexibility index (Phi) is 3.37. The van der Waals surface area contributed by atoms with E-state index in [9.17, 15) is 4.79 Å². The number of imidazole rings is 1. The number of hydrogen-bond donors (Lipinski definition) is 2. The molecule has 3 aromatic rings. The van der Waals surface area contributed by atoms with E-state index < -0.39 is 0 Å². The van der Waals surface area contributed by atoms with Gasteiger partial charge in [0.15, 0.2) is 0 Å². The Morgan fingerprint density at radius 3 is 3.13 bits per heavy atom. The first-order chi connectivity index (χ1) is 11.2. The predicted molar refractivity (Wildman–Crippen MR) is 87.3 cm³/mol. The van der Waals surface area contributed by atoms with Gasteiger partial charge in [0.1, 0.15) is 5.52 Å². The molecule has 1 saturated heterocycles. The third-order valence-electron chi connectivity index (χ3n) is 4.53. The second-order valence-corrected chi connectivity index (χ2v) is 6.17. The first-order valence-electron chi connectivity index (χ1n) is 7.95. The number of H-pyrrole nitrogens is 2. The Morgan fingerprint density at radius 1 is 1.39 bits per heavy atom. The van der Waals surface area contributed by atoms with Gasteiger partial charge in [-0.05, 0) is 38.0 Å². The Hall–Kier alpha value is -2.63. The van der Waals surface area contributed by atoms with Gasteiger partial charge in [-0.3, -0.25) is 9.89 Å². The third kappa shape index (κ3) is 2.50. The van der Waals surface area contributed by atoms with Crippen LogP contribution in [0.15, 0.2) is 30.6 Å². The van der Waals surface area contributed by atoms with Crippen LogP contribution in [-0.4, -0.2) is 44.1 Å². The molecular formula is C17H19N5O. The number of para-hydroxylation sites is 1. The normalized spacial score (nSPS) is 18.5. The fourth-order valence-corrected chi connectivity index (χ4v) is 3.36. The standard InChI is InChI=1S/C17H19N5O/c1-11-8-15(21-20-11)12-4-3-7-22(9-12)17(23)13-5-2-6-14-16(13)19-10-18-14/h2,5-6,8,10,12H,3-4,7,9H2,1H3,(H,18,19)(H,20,21)/t12-/m0/s1. The van der Waals surface area contributed by atoms with Gasteiger partial charge in [-0.15, -0.1) is 0 Å². The quantitative estimate of drug-likeness (QED) is 0.764. The highest BCUT2D eigenvalue weighted by Gasteiger charge is 2.27. The molecule has 3 heterocycles. The number of piperidine rings is 1. The second kappa shape index (κ2) is 5.53. The van der Waals surface area contributed by atoms with Crippen LogP contribution in [0.3, 0.4) is 0 Å². The van der Waals surface area contributed by atoms with Gasteiger partial charge in [0.05, 0.1) is 23.1 Å². The fourth-order valence-electron chi connectivity index (χ4n) is 3.36. The summed E-state index contributed by atoms with van der Waals surface area (Å²) < 4.78 is 0. The zero-order valence-electron chi connectivity index (χ0n) is 13.0. The average molecular weight is 309 g/mol. The van der Waals surface area contributed by atoms with E-state index in [0.29, 0.717) is 18.0 Å². The second-order valence-electron chi connectivity index (χ2n) is 6.17. The van der Waals surface area contributed by atoms with E-state index in [0.717, 1.165) is 41.8 Å². The molecule has 0 aliphatic carbocycles. The molecule has 1 atom stereocenters. The smallest absolute Gasteiger partial charge is 0.256 e. The van der Waals surface area contributed by atoms with Gasteiger partial charge in [-0.25, -0.2) is 4.98 Å². The summed E-state index contributed by atoms with van der Waals surface area (Å²) >= 11 is 0. The summed E-state index contributed by atoms with van der Waals surface area (Å²) in [7, 11) is 0. The SMILES string of the molecule is Cc1cc([C@H]2CCCN(C(=O)c3cccc4[nH]cnc34)C2)n[nH]1. The number of amides is 1. The van der Waals surface area contributed by atoms with E-state index in [2.05, 4.69) is 26.2 Å². The molecule has 2 aromatic heterocycles. The van der Waals surface area contributed by atoms with Crippen molar-refractivity contribution in [3.63, 3.8) is 0 Å². The minimum absolute atomic E-state index is 0.0552. The molecule has 1 aliphatic heterocycles. The lowest BCUT2D eigenvalue weighted by atomic mass is 9.94. The molecule has 1 amide bonds. The van der Waals surface area contributed by atoms with Gasteiger partial charge in [0, 0.05) is 24.7 Å². The Morgan fingerprint density at radius 2 is 2.30 bits per heavy atom. The van der Waals surface area contributed by atoms with Crippen molar-refractivity contribution >= 4 is 16.9 Å². The Balaban J connectivity index is 1.60. The first kappa shape index (κ1) is 14.0. The van der Waals surface area contributed by atoms with Crippen molar-refractivity contribution in [3.8, 4) is 0 Å². The lowest BCUT2D eigenvalue weighted by Crippen LogP contribution is -2.39. The minimum atomic E-state index is 0.0552. The lowest BCUT2D eigenvalue weighted by Gasteiger charge is -2.32. The van der Waals surface area contributed by atoms with Crippen molar-refractivity contribution in [3.05, 3.63) is 47.5 Å². The lowest BCUT2D eigenvalue weighted by molar-refractivity contribution is 0.0707. The van der Waals surface area contributed by atoms with Crippen LogP contribution in [0.1, 0.15) is 40.5 Å². The molecule has 1 fully saturated rings. The highest BCUT2D eigenvalue weighted by Crippen LogP contribution is 2.27. The summed E-state index contributed by atoms with van der Waals surface area (Å²) in [6.45, 7) is 3.50. The fraction of sp³-hybridized carbons (Fsp3) is 0.353. The molecule has 6 heteroatoms. The van der Waals surface area contributed by atoms with Crippen molar-refractivity contribution in [1.82, 2.24) is 25.1 Å². The number of likely N-dealkylation sites (tertiary alicyclic amines) is 1. The summed E-state index contributed by atoms with van der Waals surface area (Å²) in [5.41, 5.74) is 4.42. The van der Waals surface area contributed by atoms with Crippen LogP contribution in [0.2, 0.25) is 0 Å². The van der Waals surface area contributed by atoms with Crippen LogP contribution in [-0.2, 0) is 0 Å². The van der Waals surface area contributed by atoms with E-state index in [-0.39, 0.29) is 5.91 Å². The van der Waals surface area contributed by atoms with Crippen LogP contribution in [0, 0.1) is 6.92 Å². The van der Waals surface area contributed by atoms with Crippen LogP contribution in [0.5, 0.6) is 0 Å². The van der Waals surface area contributed by atoms with Gasteiger partial charge in [-0.1, -0.05) is 6.07 Å². The van der Waals surface area contributed by atoms with Crippen molar-refractivity contribution < 1.29 is 4.79 Å². The summed E-state index contributed by atoms with van der Waals surface area (Å²) in [6.07, 6.45) is 3.70. The topological polar surface area (TPSA) is 77.7 Å². The van der Waals surface area contributed by atoms with Crippen LogP contribution < -0.4 is 0 Å². The van der Waals surface area contributed by atoms with Gasteiger partial charge < -0.3 is 9.88 Å².